The second kappa shape index (κ2) is 7.78. The number of carbonyl (C=O) groups excluding carboxylic acids is 1. The number of nitrogens with zero attached hydrogens (tertiary/aromatic N) is 3. The minimum Gasteiger partial charge on any atom is -0.357 e. The zero-order valence-electron chi connectivity index (χ0n) is 17.7. The van der Waals surface area contributed by atoms with E-state index >= 15 is 0 Å². The highest BCUT2D eigenvalue weighted by atomic mass is 16.1. The first kappa shape index (κ1) is 19.9. The topological polar surface area (TPSA) is 73.9 Å². The van der Waals surface area contributed by atoms with Gasteiger partial charge in [-0.05, 0) is 32.4 Å². The Bertz CT molecular complexity index is 1160. The van der Waals surface area contributed by atoms with Gasteiger partial charge in [0.25, 0.3) is 5.91 Å². The zero-order chi connectivity index (χ0) is 21.4. The fraction of sp³-hybridized carbons (Fsp3) is 0.292. The molecule has 0 unspecified atom stereocenters. The van der Waals surface area contributed by atoms with E-state index in [9.17, 15) is 4.79 Å². The van der Waals surface area contributed by atoms with Gasteiger partial charge < -0.3 is 15.2 Å². The number of hydrogen-bond acceptors (Lipinski definition) is 4. The first-order chi connectivity index (χ1) is 14.4. The average molecular weight is 402 g/mol. The number of H-pyrrole nitrogens is 1. The smallest absolute Gasteiger partial charge is 0.253 e. The lowest BCUT2D eigenvalue weighted by Crippen LogP contribution is -2.34. The molecule has 2 N–H and O–H groups in total. The summed E-state index contributed by atoms with van der Waals surface area (Å²) in [5.74, 6) is 0.984. The monoisotopic (exact) mass is 401 g/mol. The SMILES string of the molecule is C=CC[C@H]1CNC(=O)c2cc(-c3cccc4nc(C)c(N(C)CC(=C)C)nc34)[nH]c21. The third kappa shape index (κ3) is 3.49. The number of aromatic amines is 1. The lowest BCUT2D eigenvalue weighted by molar-refractivity contribution is 0.0940. The standard InChI is InChI=1S/C24H27N5O/c1-6-8-16-12-25-24(30)18-11-20(27-21(16)18)17-9-7-10-19-22(17)28-23(15(4)26-19)29(5)13-14(2)3/h6-7,9-11,16,27H,1-2,8,12-13H2,3-5H3,(H,25,30)/t16-/m0/s1. The third-order valence-corrected chi connectivity index (χ3v) is 5.46. The van der Waals surface area contributed by atoms with Crippen molar-refractivity contribution < 1.29 is 4.79 Å². The summed E-state index contributed by atoms with van der Waals surface area (Å²) in [6.07, 6.45) is 2.69. The minimum atomic E-state index is -0.0446. The van der Waals surface area contributed by atoms with E-state index in [1.807, 2.05) is 51.2 Å². The van der Waals surface area contributed by atoms with Crippen molar-refractivity contribution in [3.05, 3.63) is 66.0 Å². The fourth-order valence-corrected chi connectivity index (χ4v) is 4.16. The Labute approximate surface area is 176 Å². The summed E-state index contributed by atoms with van der Waals surface area (Å²) in [5, 5.41) is 2.98. The van der Waals surface area contributed by atoms with Gasteiger partial charge in [0.1, 0.15) is 5.52 Å². The molecule has 0 radical (unpaired) electrons. The summed E-state index contributed by atoms with van der Waals surface area (Å²) in [5.41, 5.74) is 7.05. The Morgan fingerprint density at radius 1 is 1.33 bits per heavy atom. The molecule has 1 aliphatic rings. The maximum Gasteiger partial charge on any atom is 0.253 e. The Balaban J connectivity index is 1.85. The first-order valence-electron chi connectivity index (χ1n) is 10.1. The molecule has 0 saturated heterocycles. The molecule has 6 nitrogen and oxygen atoms in total. The van der Waals surface area contributed by atoms with Gasteiger partial charge in [0.05, 0.1) is 16.8 Å². The van der Waals surface area contributed by atoms with E-state index in [1.165, 1.54) is 0 Å². The van der Waals surface area contributed by atoms with Gasteiger partial charge in [0, 0.05) is 43.0 Å². The first-order valence-corrected chi connectivity index (χ1v) is 10.1. The number of para-hydroxylation sites is 1. The van der Waals surface area contributed by atoms with Gasteiger partial charge in [-0.25, -0.2) is 9.97 Å². The Kier molecular flexibility index (Phi) is 5.16. The highest BCUT2D eigenvalue weighted by molar-refractivity contribution is 6.00. The van der Waals surface area contributed by atoms with Crippen molar-refractivity contribution in [3.8, 4) is 11.3 Å². The van der Waals surface area contributed by atoms with Crippen LogP contribution < -0.4 is 10.2 Å². The lowest BCUT2D eigenvalue weighted by atomic mass is 9.94. The average Bonchev–Trinajstić information content (AvgIpc) is 3.15. The summed E-state index contributed by atoms with van der Waals surface area (Å²) in [6.45, 7) is 13.2. The molecule has 0 spiro atoms. The van der Waals surface area contributed by atoms with E-state index in [1.54, 1.807) is 0 Å². The van der Waals surface area contributed by atoms with Crippen LogP contribution in [0.5, 0.6) is 0 Å². The predicted molar refractivity (Wildman–Crippen MR) is 122 cm³/mol. The van der Waals surface area contributed by atoms with Gasteiger partial charge in [0.15, 0.2) is 5.82 Å². The number of carbonyl (C=O) groups is 1. The van der Waals surface area contributed by atoms with Crippen molar-refractivity contribution in [2.24, 2.45) is 0 Å². The minimum absolute atomic E-state index is 0.0446. The maximum atomic E-state index is 12.4. The number of aryl methyl sites for hydroxylation is 1. The highest BCUT2D eigenvalue weighted by Crippen LogP contribution is 2.34. The number of benzene rings is 1. The summed E-state index contributed by atoms with van der Waals surface area (Å²) in [4.78, 5) is 27.8. The quantitative estimate of drug-likeness (QED) is 0.602. The van der Waals surface area contributed by atoms with Crippen LogP contribution in [0.15, 0.2) is 49.1 Å². The molecule has 0 bridgehead atoms. The molecule has 0 fully saturated rings. The summed E-state index contributed by atoms with van der Waals surface area (Å²) in [6, 6.07) is 7.89. The zero-order valence-corrected chi connectivity index (χ0v) is 17.7. The number of aromatic nitrogens is 3. The van der Waals surface area contributed by atoms with Crippen molar-refractivity contribution in [2.45, 2.75) is 26.2 Å². The second-order valence-corrected chi connectivity index (χ2v) is 8.06. The summed E-state index contributed by atoms with van der Waals surface area (Å²) >= 11 is 0. The molecule has 30 heavy (non-hydrogen) atoms. The second-order valence-electron chi connectivity index (χ2n) is 8.06. The van der Waals surface area contributed by atoms with Gasteiger partial charge in [0.2, 0.25) is 0 Å². The van der Waals surface area contributed by atoms with E-state index < -0.39 is 0 Å². The largest absolute Gasteiger partial charge is 0.357 e. The van der Waals surface area contributed by atoms with Crippen molar-refractivity contribution in [2.75, 3.05) is 25.0 Å². The van der Waals surface area contributed by atoms with Crippen molar-refractivity contribution in [3.63, 3.8) is 0 Å². The molecule has 1 aliphatic heterocycles. The molecule has 6 heteroatoms. The normalized spacial score (nSPS) is 15.6. The van der Waals surface area contributed by atoms with Crippen molar-refractivity contribution in [1.29, 1.82) is 0 Å². The van der Waals surface area contributed by atoms with E-state index in [4.69, 9.17) is 9.97 Å². The summed E-state index contributed by atoms with van der Waals surface area (Å²) in [7, 11) is 2.00. The van der Waals surface area contributed by atoms with Gasteiger partial charge in [-0.2, -0.15) is 0 Å². The Morgan fingerprint density at radius 3 is 2.87 bits per heavy atom. The van der Waals surface area contributed by atoms with Crippen molar-refractivity contribution in [1.82, 2.24) is 20.3 Å². The molecule has 3 heterocycles. The fourth-order valence-electron chi connectivity index (χ4n) is 4.16. The highest BCUT2D eigenvalue weighted by Gasteiger charge is 2.28. The summed E-state index contributed by atoms with van der Waals surface area (Å²) < 4.78 is 0. The van der Waals surface area contributed by atoms with Gasteiger partial charge >= 0.3 is 0 Å². The molecular weight excluding hydrogens is 374 g/mol. The number of likely N-dealkylation sites (N-methyl/N-ethyl adjacent to an activating group) is 1. The molecule has 1 atom stereocenters. The van der Waals surface area contributed by atoms with Crippen molar-refractivity contribution >= 4 is 22.8 Å². The molecule has 0 aliphatic carbocycles. The van der Waals surface area contributed by atoms with Crippen LogP contribution in [0.2, 0.25) is 0 Å². The molecule has 2 aromatic heterocycles. The number of amides is 1. The molecule has 1 aromatic carbocycles. The molecule has 3 aromatic rings. The number of nitrogens with one attached hydrogen (secondary N) is 2. The van der Waals surface area contributed by atoms with E-state index in [-0.39, 0.29) is 11.8 Å². The molecule has 0 saturated carbocycles. The number of anilines is 1. The van der Waals surface area contributed by atoms with E-state index in [0.29, 0.717) is 18.7 Å². The maximum absolute atomic E-state index is 12.4. The molecule has 1 amide bonds. The predicted octanol–water partition coefficient (Wildman–Crippen LogP) is 4.35. The van der Waals surface area contributed by atoms with Crippen LogP contribution in [-0.4, -0.2) is 41.0 Å². The number of hydrogen-bond donors (Lipinski definition) is 2. The number of fused-ring (bicyclic) bond motifs is 2. The number of rotatable bonds is 6. The Morgan fingerprint density at radius 2 is 2.13 bits per heavy atom. The van der Waals surface area contributed by atoms with Gasteiger partial charge in [-0.15, -0.1) is 6.58 Å². The van der Waals surface area contributed by atoms with Crippen LogP contribution in [0, 0.1) is 6.92 Å². The third-order valence-electron chi connectivity index (χ3n) is 5.46. The van der Waals surface area contributed by atoms with Crippen LogP contribution in [0.3, 0.4) is 0 Å². The number of allylic oxidation sites excluding steroid dienone is 1. The van der Waals surface area contributed by atoms with Crippen LogP contribution in [0.25, 0.3) is 22.3 Å². The van der Waals surface area contributed by atoms with E-state index in [0.717, 1.165) is 51.5 Å². The lowest BCUT2D eigenvalue weighted by Gasteiger charge is -2.21. The van der Waals surface area contributed by atoms with Crippen LogP contribution in [0.4, 0.5) is 5.82 Å². The molecule has 154 valence electrons. The van der Waals surface area contributed by atoms with Crippen LogP contribution >= 0.6 is 0 Å². The van der Waals surface area contributed by atoms with Crippen LogP contribution in [-0.2, 0) is 0 Å². The molecule has 4 rings (SSSR count). The van der Waals surface area contributed by atoms with Crippen LogP contribution in [0.1, 0.15) is 41.0 Å². The Hall–Kier alpha value is -3.41. The van der Waals surface area contributed by atoms with E-state index in [2.05, 4.69) is 28.4 Å². The van der Waals surface area contributed by atoms with Gasteiger partial charge in [-0.3, -0.25) is 4.79 Å². The van der Waals surface area contributed by atoms with Gasteiger partial charge in [-0.1, -0.05) is 30.4 Å². The molecular formula is C24H27N5O.